The maximum atomic E-state index is 5.99. The molecule has 2 rings (SSSR count). The van der Waals surface area contributed by atoms with E-state index in [0.717, 1.165) is 9.94 Å². The SMILES string of the molecule is CC1(C)OB(c2cncc(Br)c2N)OC1(C)C. The Hall–Kier alpha value is -0.585. The summed E-state index contributed by atoms with van der Waals surface area (Å²) in [5.41, 5.74) is 6.63. The number of hydrogen-bond donors (Lipinski definition) is 1. The molecule has 6 heteroatoms. The van der Waals surface area contributed by atoms with Crippen LogP contribution in [0.2, 0.25) is 0 Å². The quantitative estimate of drug-likeness (QED) is 0.802. The van der Waals surface area contributed by atoms with Crippen LogP contribution in [-0.4, -0.2) is 23.3 Å². The van der Waals surface area contributed by atoms with Gasteiger partial charge in [-0.15, -0.1) is 0 Å². The molecule has 1 aliphatic heterocycles. The summed E-state index contributed by atoms with van der Waals surface area (Å²) in [6.45, 7) is 8.03. The first-order chi connectivity index (χ1) is 7.74. The molecule has 1 aromatic rings. The predicted octanol–water partition coefficient (Wildman–Crippen LogP) is 1.73. The van der Waals surface area contributed by atoms with E-state index in [2.05, 4.69) is 20.9 Å². The van der Waals surface area contributed by atoms with Gasteiger partial charge in [-0.25, -0.2) is 0 Å². The Balaban J connectivity index is 2.36. The number of rotatable bonds is 1. The van der Waals surface area contributed by atoms with Crippen LogP contribution in [0.25, 0.3) is 0 Å². The van der Waals surface area contributed by atoms with Crippen LogP contribution >= 0.6 is 15.9 Å². The van der Waals surface area contributed by atoms with Crippen molar-refractivity contribution in [2.24, 2.45) is 0 Å². The molecule has 0 atom stereocenters. The number of nitrogens with two attached hydrogens (primary N) is 1. The number of nitrogens with zero attached hydrogens (tertiary/aromatic N) is 1. The van der Waals surface area contributed by atoms with Crippen molar-refractivity contribution >= 4 is 34.2 Å². The molecule has 0 spiro atoms. The molecular formula is C11H16BBrN2O2. The molecule has 0 radical (unpaired) electrons. The normalized spacial score (nSPS) is 21.8. The molecule has 1 fully saturated rings. The average molecular weight is 299 g/mol. The second-order valence-electron chi connectivity index (χ2n) is 5.21. The van der Waals surface area contributed by atoms with Gasteiger partial charge in [0.15, 0.2) is 0 Å². The van der Waals surface area contributed by atoms with Crippen LogP contribution < -0.4 is 11.2 Å². The first-order valence-corrected chi connectivity index (χ1v) is 6.28. The molecule has 0 bridgehead atoms. The lowest BCUT2D eigenvalue weighted by Gasteiger charge is -2.32. The summed E-state index contributed by atoms with van der Waals surface area (Å²) in [5.74, 6) is 0. The van der Waals surface area contributed by atoms with Crippen LogP contribution in [0.4, 0.5) is 5.69 Å². The lowest BCUT2D eigenvalue weighted by Crippen LogP contribution is -2.41. The van der Waals surface area contributed by atoms with Crippen molar-refractivity contribution < 1.29 is 9.31 Å². The van der Waals surface area contributed by atoms with E-state index in [1.807, 2.05) is 27.7 Å². The van der Waals surface area contributed by atoms with Crippen molar-refractivity contribution in [2.45, 2.75) is 38.9 Å². The van der Waals surface area contributed by atoms with E-state index in [1.54, 1.807) is 12.4 Å². The van der Waals surface area contributed by atoms with Gasteiger partial charge < -0.3 is 15.0 Å². The predicted molar refractivity (Wildman–Crippen MR) is 72.1 cm³/mol. The van der Waals surface area contributed by atoms with E-state index in [1.165, 1.54) is 0 Å². The number of hydrogen-bond acceptors (Lipinski definition) is 4. The van der Waals surface area contributed by atoms with E-state index in [0.29, 0.717) is 5.69 Å². The summed E-state index contributed by atoms with van der Waals surface area (Å²) in [6.07, 6.45) is 3.34. The van der Waals surface area contributed by atoms with Crippen molar-refractivity contribution in [3.05, 3.63) is 16.9 Å². The Morgan fingerprint density at radius 2 is 1.71 bits per heavy atom. The third kappa shape index (κ3) is 2.09. The van der Waals surface area contributed by atoms with Crippen molar-refractivity contribution in [2.75, 3.05) is 5.73 Å². The molecule has 2 heterocycles. The minimum absolute atomic E-state index is 0.369. The third-order valence-corrected chi connectivity index (χ3v) is 4.11. The van der Waals surface area contributed by atoms with Crippen LogP contribution in [0.1, 0.15) is 27.7 Å². The van der Waals surface area contributed by atoms with E-state index >= 15 is 0 Å². The molecule has 1 aliphatic rings. The van der Waals surface area contributed by atoms with Gasteiger partial charge >= 0.3 is 7.12 Å². The second-order valence-corrected chi connectivity index (χ2v) is 6.07. The highest BCUT2D eigenvalue weighted by Crippen LogP contribution is 2.37. The standard InChI is InChI=1S/C11H16BBrN2O2/c1-10(2)11(3,4)17-12(16-10)7-5-15-6-8(13)9(7)14/h5-6H,1-4H3,(H2,14,15). The van der Waals surface area contributed by atoms with Crippen LogP contribution in [0.3, 0.4) is 0 Å². The summed E-state index contributed by atoms with van der Waals surface area (Å²) >= 11 is 3.35. The Kier molecular flexibility index (Phi) is 3.00. The molecule has 0 aromatic carbocycles. The zero-order valence-corrected chi connectivity index (χ0v) is 12.0. The van der Waals surface area contributed by atoms with E-state index in [9.17, 15) is 0 Å². The molecule has 0 amide bonds. The second kappa shape index (κ2) is 3.97. The highest BCUT2D eigenvalue weighted by molar-refractivity contribution is 9.10. The molecular weight excluding hydrogens is 283 g/mol. The molecule has 1 aromatic heterocycles. The molecule has 92 valence electrons. The summed E-state index contributed by atoms with van der Waals surface area (Å²) in [7, 11) is -0.468. The zero-order chi connectivity index (χ0) is 12.8. The Morgan fingerprint density at radius 1 is 1.18 bits per heavy atom. The number of pyridine rings is 1. The van der Waals surface area contributed by atoms with Crippen LogP contribution in [0.15, 0.2) is 16.9 Å². The Morgan fingerprint density at radius 3 is 2.24 bits per heavy atom. The summed E-state index contributed by atoms with van der Waals surface area (Å²) in [6, 6.07) is 0. The molecule has 2 N–H and O–H groups in total. The van der Waals surface area contributed by atoms with Gasteiger partial charge in [0.1, 0.15) is 0 Å². The molecule has 0 aliphatic carbocycles. The van der Waals surface area contributed by atoms with Crippen LogP contribution in [0, 0.1) is 0 Å². The topological polar surface area (TPSA) is 57.4 Å². The fourth-order valence-electron chi connectivity index (χ4n) is 1.62. The molecule has 1 saturated heterocycles. The molecule has 4 nitrogen and oxygen atoms in total. The van der Waals surface area contributed by atoms with Crippen molar-refractivity contribution in [3.8, 4) is 0 Å². The number of anilines is 1. The van der Waals surface area contributed by atoms with Crippen molar-refractivity contribution in [3.63, 3.8) is 0 Å². The van der Waals surface area contributed by atoms with E-state index < -0.39 is 7.12 Å². The highest BCUT2D eigenvalue weighted by atomic mass is 79.9. The smallest absolute Gasteiger partial charge is 0.399 e. The van der Waals surface area contributed by atoms with Gasteiger partial charge in [0.05, 0.1) is 15.7 Å². The van der Waals surface area contributed by atoms with Gasteiger partial charge in [-0.1, -0.05) is 0 Å². The average Bonchev–Trinajstić information content (AvgIpc) is 2.40. The monoisotopic (exact) mass is 298 g/mol. The van der Waals surface area contributed by atoms with Gasteiger partial charge in [0.2, 0.25) is 0 Å². The van der Waals surface area contributed by atoms with E-state index in [4.69, 9.17) is 15.0 Å². The summed E-state index contributed by atoms with van der Waals surface area (Å²) < 4.78 is 12.6. The van der Waals surface area contributed by atoms with Crippen LogP contribution in [-0.2, 0) is 9.31 Å². The maximum absolute atomic E-state index is 5.99. The molecule has 0 unspecified atom stereocenters. The lowest BCUT2D eigenvalue weighted by atomic mass is 9.79. The van der Waals surface area contributed by atoms with Crippen molar-refractivity contribution in [1.29, 1.82) is 0 Å². The van der Waals surface area contributed by atoms with E-state index in [-0.39, 0.29) is 11.2 Å². The number of nitrogen functional groups attached to an aromatic ring is 1. The van der Waals surface area contributed by atoms with Gasteiger partial charge in [-0.2, -0.15) is 0 Å². The zero-order valence-electron chi connectivity index (χ0n) is 10.5. The minimum Gasteiger partial charge on any atom is -0.399 e. The van der Waals surface area contributed by atoms with Crippen LogP contribution in [0.5, 0.6) is 0 Å². The Bertz CT molecular complexity index is 435. The lowest BCUT2D eigenvalue weighted by molar-refractivity contribution is 0.00578. The number of halogens is 1. The first kappa shape index (κ1) is 12.9. The maximum Gasteiger partial charge on any atom is 0.498 e. The fraction of sp³-hybridized carbons (Fsp3) is 0.545. The highest BCUT2D eigenvalue weighted by Gasteiger charge is 2.52. The fourth-order valence-corrected chi connectivity index (χ4v) is 1.96. The largest absolute Gasteiger partial charge is 0.498 e. The van der Waals surface area contributed by atoms with Gasteiger partial charge in [-0.05, 0) is 43.6 Å². The number of aromatic nitrogens is 1. The van der Waals surface area contributed by atoms with Gasteiger partial charge in [-0.3, -0.25) is 4.98 Å². The van der Waals surface area contributed by atoms with Gasteiger partial charge in [0, 0.05) is 23.5 Å². The summed E-state index contributed by atoms with van der Waals surface area (Å²) in [4.78, 5) is 4.10. The Labute approximate surface area is 110 Å². The first-order valence-electron chi connectivity index (χ1n) is 5.49. The molecule has 17 heavy (non-hydrogen) atoms. The minimum atomic E-state index is -0.468. The van der Waals surface area contributed by atoms with Crippen molar-refractivity contribution in [1.82, 2.24) is 4.98 Å². The summed E-state index contributed by atoms with van der Waals surface area (Å²) in [5, 5.41) is 0. The van der Waals surface area contributed by atoms with Gasteiger partial charge in [0.25, 0.3) is 0 Å². The molecule has 0 saturated carbocycles. The third-order valence-electron chi connectivity index (χ3n) is 3.48.